The monoisotopic (exact) mass is 267 g/mol. The molecule has 3 heteroatoms. The van der Waals surface area contributed by atoms with Crippen LogP contribution in [0.3, 0.4) is 0 Å². The van der Waals surface area contributed by atoms with Crippen LogP contribution in [0.4, 0.5) is 0 Å². The van der Waals surface area contributed by atoms with Crippen molar-refractivity contribution < 1.29 is 0 Å². The molecule has 2 rings (SSSR count). The third-order valence-corrected chi connectivity index (χ3v) is 5.12. The summed E-state index contributed by atoms with van der Waals surface area (Å²) in [5.41, 5.74) is 0. The summed E-state index contributed by atoms with van der Waals surface area (Å²) in [4.78, 5) is 5.17. The Kier molecular flexibility index (Phi) is 5.67. The molecular formula is C16H33N3. The lowest BCUT2D eigenvalue weighted by Crippen LogP contribution is -2.54. The van der Waals surface area contributed by atoms with Gasteiger partial charge in [0.25, 0.3) is 0 Å². The largest absolute Gasteiger partial charge is 0.316 e. The van der Waals surface area contributed by atoms with Gasteiger partial charge in [-0.2, -0.15) is 0 Å². The topological polar surface area (TPSA) is 18.5 Å². The van der Waals surface area contributed by atoms with E-state index >= 15 is 0 Å². The molecule has 0 aromatic heterocycles. The molecule has 0 bridgehead atoms. The third-order valence-electron chi connectivity index (χ3n) is 5.12. The molecular weight excluding hydrogens is 234 g/mol. The first-order chi connectivity index (χ1) is 9.08. The van der Waals surface area contributed by atoms with Crippen LogP contribution >= 0.6 is 0 Å². The third kappa shape index (κ3) is 4.17. The number of rotatable bonds is 6. The molecule has 2 atom stereocenters. The normalized spacial score (nSPS) is 30.0. The fraction of sp³-hybridized carbons (Fsp3) is 1.00. The molecule has 0 aromatic rings. The van der Waals surface area contributed by atoms with Gasteiger partial charge in [0.1, 0.15) is 0 Å². The average Bonchev–Trinajstić information content (AvgIpc) is 2.33. The van der Waals surface area contributed by atoms with Gasteiger partial charge in [0.15, 0.2) is 0 Å². The lowest BCUT2D eigenvalue weighted by atomic mass is 9.77. The Bertz CT molecular complexity index is 259. The fourth-order valence-electron chi connectivity index (χ4n) is 3.56. The van der Waals surface area contributed by atoms with Gasteiger partial charge in [-0.3, -0.25) is 0 Å². The molecule has 2 aliphatic rings. The van der Waals surface area contributed by atoms with Crippen LogP contribution in [-0.4, -0.2) is 62.2 Å². The lowest BCUT2D eigenvalue weighted by molar-refractivity contribution is 0.0264. The fourth-order valence-corrected chi connectivity index (χ4v) is 3.56. The molecule has 19 heavy (non-hydrogen) atoms. The van der Waals surface area contributed by atoms with Crippen molar-refractivity contribution in [3.63, 3.8) is 0 Å². The molecule has 3 nitrogen and oxygen atoms in total. The second-order valence-corrected chi connectivity index (χ2v) is 7.16. The van der Waals surface area contributed by atoms with Gasteiger partial charge in [-0.05, 0) is 77.8 Å². The van der Waals surface area contributed by atoms with Crippen LogP contribution < -0.4 is 5.32 Å². The number of nitrogens with zero attached hydrogens (tertiary/aromatic N) is 2. The summed E-state index contributed by atoms with van der Waals surface area (Å²) in [5.74, 6) is 1.66. The second-order valence-electron chi connectivity index (χ2n) is 7.16. The molecule has 0 radical (unpaired) electrons. The summed E-state index contributed by atoms with van der Waals surface area (Å²) < 4.78 is 0. The summed E-state index contributed by atoms with van der Waals surface area (Å²) in [6.07, 6.45) is 5.55. The first-order valence-electron chi connectivity index (χ1n) is 8.19. The highest BCUT2D eigenvalue weighted by atomic mass is 15.2. The van der Waals surface area contributed by atoms with Gasteiger partial charge in [0.2, 0.25) is 0 Å². The van der Waals surface area contributed by atoms with Gasteiger partial charge >= 0.3 is 0 Å². The predicted molar refractivity (Wildman–Crippen MR) is 82.5 cm³/mol. The smallest absolute Gasteiger partial charge is 0.0136 e. The number of nitrogens with one attached hydrogen (secondary N) is 1. The molecule has 1 saturated heterocycles. The lowest BCUT2D eigenvalue weighted by Gasteiger charge is -2.48. The second kappa shape index (κ2) is 7.05. The Morgan fingerprint density at radius 2 is 1.84 bits per heavy atom. The van der Waals surface area contributed by atoms with E-state index in [1.165, 1.54) is 51.9 Å². The van der Waals surface area contributed by atoms with Crippen molar-refractivity contribution >= 4 is 0 Å². The highest BCUT2D eigenvalue weighted by Crippen LogP contribution is 2.33. The van der Waals surface area contributed by atoms with E-state index in [2.05, 4.69) is 43.1 Å². The van der Waals surface area contributed by atoms with Crippen LogP contribution in [0.25, 0.3) is 0 Å². The van der Waals surface area contributed by atoms with E-state index < -0.39 is 0 Å². The summed E-state index contributed by atoms with van der Waals surface area (Å²) in [6, 6.07) is 1.67. The zero-order chi connectivity index (χ0) is 13.8. The summed E-state index contributed by atoms with van der Waals surface area (Å²) in [7, 11) is 4.62. The van der Waals surface area contributed by atoms with Crippen LogP contribution in [0.15, 0.2) is 0 Å². The average molecular weight is 267 g/mol. The molecule has 112 valence electrons. The minimum absolute atomic E-state index is 0.769. The Hall–Kier alpha value is -0.120. The first-order valence-corrected chi connectivity index (χ1v) is 8.19. The van der Waals surface area contributed by atoms with Crippen molar-refractivity contribution in [3.05, 3.63) is 0 Å². The molecule has 0 aromatic carbocycles. The molecule has 1 saturated carbocycles. The Morgan fingerprint density at radius 3 is 2.37 bits per heavy atom. The molecule has 1 aliphatic carbocycles. The number of piperidine rings is 1. The van der Waals surface area contributed by atoms with Crippen molar-refractivity contribution in [1.29, 1.82) is 0 Å². The van der Waals surface area contributed by atoms with Crippen LogP contribution in [0.5, 0.6) is 0 Å². The number of hydrogen-bond donors (Lipinski definition) is 1. The summed E-state index contributed by atoms with van der Waals surface area (Å²) in [6.45, 7) is 9.52. The van der Waals surface area contributed by atoms with E-state index in [1.807, 2.05) is 0 Å². The van der Waals surface area contributed by atoms with E-state index in [4.69, 9.17) is 0 Å². The van der Waals surface area contributed by atoms with E-state index in [9.17, 15) is 0 Å². The van der Waals surface area contributed by atoms with Crippen molar-refractivity contribution in [2.75, 3.05) is 40.3 Å². The maximum Gasteiger partial charge on any atom is 0.0136 e. The molecule has 2 fully saturated rings. The molecule has 1 heterocycles. The molecule has 2 unspecified atom stereocenters. The number of likely N-dealkylation sites (tertiary alicyclic amines) is 1. The van der Waals surface area contributed by atoms with E-state index in [0.717, 1.165) is 23.9 Å². The van der Waals surface area contributed by atoms with E-state index in [0.29, 0.717) is 0 Å². The van der Waals surface area contributed by atoms with Gasteiger partial charge in [-0.25, -0.2) is 0 Å². The van der Waals surface area contributed by atoms with Crippen molar-refractivity contribution in [2.24, 2.45) is 11.8 Å². The minimum Gasteiger partial charge on any atom is -0.316 e. The Balaban J connectivity index is 1.71. The molecule has 1 aliphatic heterocycles. The highest BCUT2D eigenvalue weighted by Gasteiger charge is 2.36. The Morgan fingerprint density at radius 1 is 1.16 bits per heavy atom. The summed E-state index contributed by atoms with van der Waals surface area (Å²) >= 11 is 0. The zero-order valence-electron chi connectivity index (χ0n) is 13.4. The van der Waals surface area contributed by atoms with Gasteiger partial charge in [-0.15, -0.1) is 0 Å². The van der Waals surface area contributed by atoms with Crippen LogP contribution in [0, 0.1) is 11.8 Å². The van der Waals surface area contributed by atoms with Crippen LogP contribution in [-0.2, 0) is 0 Å². The molecule has 0 spiro atoms. The summed E-state index contributed by atoms with van der Waals surface area (Å²) in [5, 5.41) is 3.65. The van der Waals surface area contributed by atoms with Gasteiger partial charge in [0, 0.05) is 12.1 Å². The van der Waals surface area contributed by atoms with Crippen molar-refractivity contribution in [3.8, 4) is 0 Å². The molecule has 1 N–H and O–H groups in total. The predicted octanol–water partition coefficient (Wildman–Crippen LogP) is 2.04. The quantitative estimate of drug-likeness (QED) is 0.794. The standard InChI is InChI=1S/C16H33N3/c1-13(2)11-17-12-14-5-6-16(14)19(4)15-7-9-18(3)10-8-15/h13-17H,5-12H2,1-4H3. The number of hydrogen-bond acceptors (Lipinski definition) is 3. The van der Waals surface area contributed by atoms with Crippen LogP contribution in [0.1, 0.15) is 39.5 Å². The minimum atomic E-state index is 0.769. The van der Waals surface area contributed by atoms with Crippen molar-refractivity contribution in [1.82, 2.24) is 15.1 Å². The Labute approximate surface area is 119 Å². The SMILES string of the molecule is CC(C)CNCC1CCC1N(C)C1CCN(C)CC1. The van der Waals surface area contributed by atoms with Gasteiger partial charge in [-0.1, -0.05) is 13.8 Å². The van der Waals surface area contributed by atoms with Gasteiger partial charge < -0.3 is 15.1 Å². The van der Waals surface area contributed by atoms with Crippen LogP contribution in [0.2, 0.25) is 0 Å². The maximum absolute atomic E-state index is 3.65. The van der Waals surface area contributed by atoms with Gasteiger partial charge in [0.05, 0.1) is 0 Å². The highest BCUT2D eigenvalue weighted by molar-refractivity contribution is 4.92. The van der Waals surface area contributed by atoms with E-state index in [1.54, 1.807) is 0 Å². The van der Waals surface area contributed by atoms with Crippen molar-refractivity contribution in [2.45, 2.75) is 51.6 Å². The maximum atomic E-state index is 3.65. The molecule has 0 amide bonds. The first kappa shape index (κ1) is 15.3. The zero-order valence-corrected chi connectivity index (χ0v) is 13.4. The van der Waals surface area contributed by atoms with E-state index in [-0.39, 0.29) is 0 Å².